The monoisotopic (exact) mass is 395 g/mol. The summed E-state index contributed by atoms with van der Waals surface area (Å²) in [7, 11) is 0. The maximum atomic E-state index is 13.0. The predicted octanol–water partition coefficient (Wildman–Crippen LogP) is 2.53. The van der Waals surface area contributed by atoms with E-state index in [9.17, 15) is 9.59 Å². The molecule has 2 amide bonds. The largest absolute Gasteiger partial charge is 0.341 e. The molecule has 1 N–H and O–H groups in total. The summed E-state index contributed by atoms with van der Waals surface area (Å²) in [5, 5.41) is 11.8. The molecule has 2 aromatic rings. The molecule has 154 valence electrons. The smallest absolute Gasteiger partial charge is 0.251 e. The van der Waals surface area contributed by atoms with Crippen molar-refractivity contribution < 1.29 is 9.59 Å². The fraction of sp³-hybridized carbons (Fsp3) is 0.545. The number of carbonyl (C=O) groups excluding carboxylic acids is 2. The van der Waals surface area contributed by atoms with Crippen LogP contribution in [0.2, 0.25) is 0 Å². The van der Waals surface area contributed by atoms with Crippen LogP contribution < -0.4 is 5.32 Å². The first-order valence-corrected chi connectivity index (χ1v) is 10.7. The van der Waals surface area contributed by atoms with E-state index in [0.717, 1.165) is 50.4 Å². The fourth-order valence-electron chi connectivity index (χ4n) is 4.40. The van der Waals surface area contributed by atoms with Crippen molar-refractivity contribution in [2.24, 2.45) is 0 Å². The van der Waals surface area contributed by atoms with Crippen LogP contribution in [0.1, 0.15) is 67.0 Å². The Hall–Kier alpha value is -2.70. The SMILES string of the molecule is CC(NC(=O)c1ccccc1)C(=O)N1CCCC(c2nnc3n2CCCCC3)C1. The number of nitrogens with zero attached hydrogens (tertiary/aromatic N) is 4. The van der Waals surface area contributed by atoms with Gasteiger partial charge in [-0.1, -0.05) is 24.6 Å². The lowest BCUT2D eigenvalue weighted by atomic mass is 9.96. The van der Waals surface area contributed by atoms with Crippen LogP contribution >= 0.6 is 0 Å². The Morgan fingerprint density at radius 2 is 1.90 bits per heavy atom. The van der Waals surface area contributed by atoms with Crippen LogP contribution in [0.15, 0.2) is 30.3 Å². The molecule has 2 unspecified atom stereocenters. The molecule has 0 spiro atoms. The first-order chi connectivity index (χ1) is 14.1. The lowest BCUT2D eigenvalue weighted by molar-refractivity contribution is -0.134. The molecule has 0 radical (unpaired) electrons. The van der Waals surface area contributed by atoms with Crippen LogP contribution in [0.4, 0.5) is 0 Å². The van der Waals surface area contributed by atoms with Crippen LogP contribution in [-0.4, -0.2) is 50.6 Å². The summed E-state index contributed by atoms with van der Waals surface area (Å²) in [6.45, 7) is 4.10. The topological polar surface area (TPSA) is 80.1 Å². The van der Waals surface area contributed by atoms with Gasteiger partial charge in [0.15, 0.2) is 0 Å². The Kier molecular flexibility index (Phi) is 5.92. The standard InChI is InChI=1S/C22H29N5O2/c1-16(23-21(28)17-9-4-2-5-10-17)22(29)26-13-8-11-18(15-26)20-25-24-19-12-6-3-7-14-27(19)20/h2,4-5,9-10,16,18H,3,6-8,11-15H2,1H3,(H,23,28). The highest BCUT2D eigenvalue weighted by molar-refractivity contribution is 5.97. The average Bonchev–Trinajstić information content (AvgIpc) is 3.02. The quantitative estimate of drug-likeness (QED) is 0.863. The molecular weight excluding hydrogens is 366 g/mol. The molecule has 0 aliphatic carbocycles. The van der Waals surface area contributed by atoms with E-state index in [0.29, 0.717) is 12.1 Å². The second-order valence-corrected chi connectivity index (χ2v) is 8.12. The summed E-state index contributed by atoms with van der Waals surface area (Å²) in [5.41, 5.74) is 0.565. The molecular formula is C22H29N5O2. The van der Waals surface area contributed by atoms with E-state index in [2.05, 4.69) is 20.1 Å². The summed E-state index contributed by atoms with van der Waals surface area (Å²) in [6.07, 6.45) is 6.52. The number of piperidine rings is 1. The molecule has 4 rings (SSSR count). The van der Waals surface area contributed by atoms with Crippen molar-refractivity contribution in [1.29, 1.82) is 0 Å². The molecule has 1 aromatic heterocycles. The van der Waals surface area contributed by atoms with Gasteiger partial charge in [-0.15, -0.1) is 10.2 Å². The molecule has 1 aromatic carbocycles. The van der Waals surface area contributed by atoms with Crippen molar-refractivity contribution in [3.05, 3.63) is 47.5 Å². The fourth-order valence-corrected chi connectivity index (χ4v) is 4.40. The number of hydrogen-bond donors (Lipinski definition) is 1. The molecule has 2 aliphatic rings. The maximum Gasteiger partial charge on any atom is 0.251 e. The number of carbonyl (C=O) groups is 2. The van der Waals surface area contributed by atoms with Crippen molar-refractivity contribution in [1.82, 2.24) is 25.0 Å². The van der Waals surface area contributed by atoms with Gasteiger partial charge in [0.2, 0.25) is 5.91 Å². The Labute approximate surface area is 171 Å². The molecule has 0 saturated carbocycles. The van der Waals surface area contributed by atoms with Crippen molar-refractivity contribution in [2.75, 3.05) is 13.1 Å². The normalized spacial score (nSPS) is 20.4. The molecule has 2 atom stereocenters. The first-order valence-electron chi connectivity index (χ1n) is 10.7. The lowest BCUT2D eigenvalue weighted by Gasteiger charge is -2.34. The minimum absolute atomic E-state index is 0.0328. The van der Waals surface area contributed by atoms with Crippen LogP contribution in [0.3, 0.4) is 0 Å². The third-order valence-corrected chi connectivity index (χ3v) is 5.99. The van der Waals surface area contributed by atoms with Crippen LogP contribution in [0.5, 0.6) is 0 Å². The van der Waals surface area contributed by atoms with Crippen LogP contribution in [0, 0.1) is 0 Å². The second-order valence-electron chi connectivity index (χ2n) is 8.12. The maximum absolute atomic E-state index is 13.0. The highest BCUT2D eigenvalue weighted by Crippen LogP contribution is 2.28. The van der Waals surface area contributed by atoms with Gasteiger partial charge in [-0.25, -0.2) is 0 Å². The summed E-state index contributed by atoms with van der Waals surface area (Å²) in [5.74, 6) is 2.08. The van der Waals surface area contributed by atoms with Crippen LogP contribution in [0.25, 0.3) is 0 Å². The first kappa shape index (κ1) is 19.6. The highest BCUT2D eigenvalue weighted by Gasteiger charge is 2.31. The van der Waals surface area contributed by atoms with Crippen LogP contribution in [-0.2, 0) is 17.8 Å². The molecule has 3 heterocycles. The Morgan fingerprint density at radius 3 is 2.72 bits per heavy atom. The third-order valence-electron chi connectivity index (χ3n) is 5.99. The highest BCUT2D eigenvalue weighted by atomic mass is 16.2. The zero-order valence-corrected chi connectivity index (χ0v) is 17.0. The Balaban J connectivity index is 1.41. The second kappa shape index (κ2) is 8.76. The molecule has 2 aliphatic heterocycles. The lowest BCUT2D eigenvalue weighted by Crippen LogP contribution is -2.49. The van der Waals surface area contributed by atoms with Gasteiger partial charge in [-0.3, -0.25) is 9.59 Å². The van der Waals surface area contributed by atoms with Crippen molar-refractivity contribution in [3.8, 4) is 0 Å². The molecule has 29 heavy (non-hydrogen) atoms. The molecule has 1 saturated heterocycles. The number of hydrogen-bond acceptors (Lipinski definition) is 4. The van der Waals surface area contributed by atoms with E-state index in [1.165, 1.54) is 12.8 Å². The number of amides is 2. The van der Waals surface area contributed by atoms with Gasteiger partial charge in [-0.05, 0) is 44.7 Å². The number of rotatable bonds is 4. The minimum atomic E-state index is -0.558. The molecule has 7 heteroatoms. The third kappa shape index (κ3) is 4.33. The summed E-state index contributed by atoms with van der Waals surface area (Å²) < 4.78 is 2.28. The number of aryl methyl sites for hydroxylation is 1. The number of benzene rings is 1. The van der Waals surface area contributed by atoms with Gasteiger partial charge in [-0.2, -0.15) is 0 Å². The van der Waals surface area contributed by atoms with Gasteiger partial charge in [0.1, 0.15) is 17.7 Å². The number of nitrogens with one attached hydrogen (secondary N) is 1. The number of likely N-dealkylation sites (tertiary alicyclic amines) is 1. The van der Waals surface area contributed by atoms with E-state index in [1.54, 1.807) is 19.1 Å². The van der Waals surface area contributed by atoms with Gasteiger partial charge < -0.3 is 14.8 Å². The minimum Gasteiger partial charge on any atom is -0.341 e. The molecule has 0 bridgehead atoms. The summed E-state index contributed by atoms with van der Waals surface area (Å²) >= 11 is 0. The molecule has 7 nitrogen and oxygen atoms in total. The zero-order chi connectivity index (χ0) is 20.2. The Bertz CT molecular complexity index is 863. The summed E-state index contributed by atoms with van der Waals surface area (Å²) in [4.78, 5) is 27.3. The van der Waals surface area contributed by atoms with Gasteiger partial charge in [0.05, 0.1) is 0 Å². The number of fused-ring (bicyclic) bond motifs is 1. The van der Waals surface area contributed by atoms with E-state index < -0.39 is 6.04 Å². The van der Waals surface area contributed by atoms with Gasteiger partial charge >= 0.3 is 0 Å². The van der Waals surface area contributed by atoms with E-state index in [4.69, 9.17) is 0 Å². The van der Waals surface area contributed by atoms with E-state index in [-0.39, 0.29) is 17.7 Å². The van der Waals surface area contributed by atoms with Crippen molar-refractivity contribution in [2.45, 2.75) is 64.0 Å². The van der Waals surface area contributed by atoms with Gasteiger partial charge in [0, 0.05) is 37.5 Å². The average molecular weight is 396 g/mol. The zero-order valence-electron chi connectivity index (χ0n) is 17.0. The predicted molar refractivity (Wildman–Crippen MR) is 110 cm³/mol. The summed E-state index contributed by atoms with van der Waals surface area (Å²) in [6, 6.07) is 8.44. The van der Waals surface area contributed by atoms with Crippen molar-refractivity contribution >= 4 is 11.8 Å². The van der Waals surface area contributed by atoms with E-state index >= 15 is 0 Å². The van der Waals surface area contributed by atoms with Gasteiger partial charge in [0.25, 0.3) is 5.91 Å². The van der Waals surface area contributed by atoms with Crippen molar-refractivity contribution in [3.63, 3.8) is 0 Å². The number of aromatic nitrogens is 3. The van der Waals surface area contributed by atoms with E-state index in [1.807, 2.05) is 23.1 Å². The molecule has 1 fully saturated rings. The Morgan fingerprint density at radius 1 is 1.07 bits per heavy atom.